The fourth-order valence-electron chi connectivity index (χ4n) is 1.56. The van der Waals surface area contributed by atoms with Crippen LogP contribution >= 0.6 is 11.6 Å². The Balaban J connectivity index is 2.42. The van der Waals surface area contributed by atoms with Gasteiger partial charge in [-0.05, 0) is 18.2 Å². The fourth-order valence-corrected chi connectivity index (χ4v) is 1.72. The van der Waals surface area contributed by atoms with Gasteiger partial charge in [0.15, 0.2) is 0 Å². The van der Waals surface area contributed by atoms with Gasteiger partial charge in [-0.3, -0.25) is 0 Å². The second kappa shape index (κ2) is 5.75. The summed E-state index contributed by atoms with van der Waals surface area (Å²) in [5.74, 6) is -1.49. The van der Waals surface area contributed by atoms with Crippen molar-refractivity contribution in [3.05, 3.63) is 46.9 Å². The van der Waals surface area contributed by atoms with Gasteiger partial charge in [-0.15, -0.1) is 0 Å². The lowest BCUT2D eigenvalue weighted by Gasteiger charge is -2.11. The minimum absolute atomic E-state index is 0.00551. The first-order chi connectivity index (χ1) is 9.51. The first-order valence-electron chi connectivity index (χ1n) is 5.50. The summed E-state index contributed by atoms with van der Waals surface area (Å²) in [6, 6.07) is 5.71. The largest absolute Gasteiger partial charge is 0.497 e. The topological polar surface area (TPSA) is 71.5 Å². The average Bonchev–Trinajstić information content (AvgIpc) is 2.42. The number of halogens is 2. The maximum Gasteiger partial charge on any atom is 0.339 e. The van der Waals surface area contributed by atoms with E-state index in [4.69, 9.17) is 21.4 Å². The summed E-state index contributed by atoms with van der Waals surface area (Å²) in [4.78, 5) is 14.8. The molecule has 7 heteroatoms. The van der Waals surface area contributed by atoms with E-state index in [9.17, 15) is 9.18 Å². The van der Waals surface area contributed by atoms with Crippen LogP contribution in [0, 0.1) is 5.82 Å². The van der Waals surface area contributed by atoms with Crippen molar-refractivity contribution in [2.24, 2.45) is 0 Å². The predicted octanol–water partition coefficient (Wildman–Crippen LogP) is 3.32. The molecule has 0 atom stereocenters. The third-order valence-corrected chi connectivity index (χ3v) is 2.84. The van der Waals surface area contributed by atoms with E-state index in [1.165, 1.54) is 7.11 Å². The normalized spacial score (nSPS) is 10.2. The van der Waals surface area contributed by atoms with E-state index >= 15 is 0 Å². The Labute approximate surface area is 119 Å². The van der Waals surface area contributed by atoms with Crippen LogP contribution in [-0.2, 0) is 0 Å². The molecule has 0 aliphatic heterocycles. The van der Waals surface area contributed by atoms with Gasteiger partial charge in [0.05, 0.1) is 24.0 Å². The van der Waals surface area contributed by atoms with Crippen molar-refractivity contribution in [1.82, 2.24) is 4.98 Å². The van der Waals surface area contributed by atoms with Crippen LogP contribution in [0.25, 0.3) is 0 Å². The SMILES string of the molecule is COc1ccc(Cl)c(Nc2ncc(F)cc2C(=O)O)c1. The minimum atomic E-state index is -1.29. The highest BCUT2D eigenvalue weighted by Crippen LogP contribution is 2.30. The molecule has 0 radical (unpaired) electrons. The number of pyridine rings is 1. The van der Waals surface area contributed by atoms with Crippen LogP contribution in [0.15, 0.2) is 30.5 Å². The monoisotopic (exact) mass is 296 g/mol. The quantitative estimate of drug-likeness (QED) is 0.905. The molecule has 0 unspecified atom stereocenters. The molecule has 0 fully saturated rings. The summed E-state index contributed by atoms with van der Waals surface area (Å²) in [6.07, 6.45) is 0.919. The Bertz CT molecular complexity index is 664. The van der Waals surface area contributed by atoms with Gasteiger partial charge in [0, 0.05) is 6.07 Å². The number of ether oxygens (including phenoxy) is 1. The molecule has 2 N–H and O–H groups in total. The second-order valence-corrected chi connectivity index (χ2v) is 4.23. The third-order valence-electron chi connectivity index (χ3n) is 2.51. The molecule has 0 spiro atoms. The van der Waals surface area contributed by atoms with E-state index < -0.39 is 11.8 Å². The molecule has 2 aromatic rings. The van der Waals surface area contributed by atoms with Crippen LogP contribution in [0.5, 0.6) is 5.75 Å². The van der Waals surface area contributed by atoms with Crippen molar-refractivity contribution < 1.29 is 19.0 Å². The first kappa shape index (κ1) is 14.1. The Morgan fingerprint density at radius 1 is 1.45 bits per heavy atom. The van der Waals surface area contributed by atoms with Gasteiger partial charge < -0.3 is 15.2 Å². The van der Waals surface area contributed by atoms with Crippen LogP contribution in [0.3, 0.4) is 0 Å². The zero-order chi connectivity index (χ0) is 14.7. The Kier molecular flexibility index (Phi) is 4.05. The molecule has 2 rings (SSSR count). The smallest absolute Gasteiger partial charge is 0.339 e. The lowest BCUT2D eigenvalue weighted by molar-refractivity contribution is 0.0697. The highest BCUT2D eigenvalue weighted by Gasteiger charge is 2.14. The molecule has 5 nitrogen and oxygen atoms in total. The van der Waals surface area contributed by atoms with Gasteiger partial charge in [-0.2, -0.15) is 0 Å². The summed E-state index contributed by atoms with van der Waals surface area (Å²) < 4.78 is 18.1. The second-order valence-electron chi connectivity index (χ2n) is 3.83. The summed E-state index contributed by atoms with van der Waals surface area (Å²) in [5.41, 5.74) is 0.122. The Morgan fingerprint density at radius 2 is 2.20 bits per heavy atom. The van der Waals surface area contributed by atoms with Gasteiger partial charge in [0.2, 0.25) is 0 Å². The van der Waals surface area contributed by atoms with Crippen molar-refractivity contribution in [2.75, 3.05) is 12.4 Å². The fraction of sp³-hybridized carbons (Fsp3) is 0.0769. The lowest BCUT2D eigenvalue weighted by Crippen LogP contribution is -2.06. The molecule has 1 heterocycles. The molecular weight excluding hydrogens is 287 g/mol. The summed E-state index contributed by atoms with van der Waals surface area (Å²) >= 11 is 6.00. The summed E-state index contributed by atoms with van der Waals surface area (Å²) in [6.45, 7) is 0. The van der Waals surface area contributed by atoms with E-state index in [0.717, 1.165) is 12.3 Å². The molecule has 0 saturated heterocycles. The van der Waals surface area contributed by atoms with Crippen molar-refractivity contribution in [3.8, 4) is 5.75 Å². The van der Waals surface area contributed by atoms with Gasteiger partial charge in [0.1, 0.15) is 22.9 Å². The maximum atomic E-state index is 13.0. The first-order valence-corrected chi connectivity index (χ1v) is 5.88. The third kappa shape index (κ3) is 2.97. The number of hydrogen-bond donors (Lipinski definition) is 2. The number of benzene rings is 1. The molecule has 0 saturated carbocycles. The van der Waals surface area contributed by atoms with Crippen LogP contribution < -0.4 is 10.1 Å². The summed E-state index contributed by atoms with van der Waals surface area (Å²) in [7, 11) is 1.49. The van der Waals surface area contributed by atoms with Gasteiger partial charge in [0.25, 0.3) is 0 Å². The van der Waals surface area contributed by atoms with Crippen LogP contribution in [0.2, 0.25) is 5.02 Å². The molecule has 0 amide bonds. The van der Waals surface area contributed by atoms with Crippen LogP contribution in [0.1, 0.15) is 10.4 Å². The number of nitrogens with zero attached hydrogens (tertiary/aromatic N) is 1. The van der Waals surface area contributed by atoms with E-state index in [2.05, 4.69) is 10.3 Å². The number of aromatic nitrogens is 1. The van der Waals surface area contributed by atoms with E-state index in [0.29, 0.717) is 16.5 Å². The standard InChI is InChI=1S/C13H10ClFN2O3/c1-20-8-2-3-10(14)11(5-8)17-12-9(13(18)19)4-7(15)6-16-12/h2-6H,1H3,(H,16,17)(H,18,19). The van der Waals surface area contributed by atoms with Gasteiger partial charge in [-0.25, -0.2) is 14.2 Å². The number of aromatic carboxylic acids is 1. The Hall–Kier alpha value is -2.34. The zero-order valence-electron chi connectivity index (χ0n) is 10.4. The molecule has 1 aromatic heterocycles. The zero-order valence-corrected chi connectivity index (χ0v) is 11.1. The van der Waals surface area contributed by atoms with Crippen molar-refractivity contribution in [3.63, 3.8) is 0 Å². The van der Waals surface area contributed by atoms with Crippen molar-refractivity contribution >= 4 is 29.1 Å². The van der Waals surface area contributed by atoms with Gasteiger partial charge >= 0.3 is 5.97 Å². The molecule has 1 aromatic carbocycles. The van der Waals surface area contributed by atoms with Crippen LogP contribution in [0.4, 0.5) is 15.9 Å². The molecule has 20 heavy (non-hydrogen) atoms. The Morgan fingerprint density at radius 3 is 2.85 bits per heavy atom. The molecular formula is C13H10ClFN2O3. The number of hydrogen-bond acceptors (Lipinski definition) is 4. The molecule has 0 aliphatic carbocycles. The van der Waals surface area contributed by atoms with Crippen molar-refractivity contribution in [2.45, 2.75) is 0 Å². The number of nitrogens with one attached hydrogen (secondary N) is 1. The number of carbonyl (C=O) groups is 1. The molecule has 0 bridgehead atoms. The maximum absolute atomic E-state index is 13.0. The number of anilines is 2. The average molecular weight is 297 g/mol. The predicted molar refractivity (Wildman–Crippen MR) is 72.4 cm³/mol. The van der Waals surface area contributed by atoms with Gasteiger partial charge in [-0.1, -0.05) is 11.6 Å². The van der Waals surface area contributed by atoms with E-state index in [1.807, 2.05) is 0 Å². The highest BCUT2D eigenvalue weighted by molar-refractivity contribution is 6.33. The lowest BCUT2D eigenvalue weighted by atomic mass is 10.2. The number of carboxylic acid groups (broad SMARTS) is 1. The summed E-state index contributed by atoms with van der Waals surface area (Å²) in [5, 5.41) is 12.1. The van der Waals surface area contributed by atoms with E-state index in [-0.39, 0.29) is 11.4 Å². The van der Waals surface area contributed by atoms with Crippen molar-refractivity contribution in [1.29, 1.82) is 0 Å². The number of methoxy groups -OCH3 is 1. The molecule has 104 valence electrons. The van der Waals surface area contributed by atoms with Crippen LogP contribution in [-0.4, -0.2) is 23.2 Å². The number of carboxylic acids is 1. The highest BCUT2D eigenvalue weighted by atomic mass is 35.5. The minimum Gasteiger partial charge on any atom is -0.497 e. The van der Waals surface area contributed by atoms with E-state index in [1.54, 1.807) is 18.2 Å². The number of rotatable bonds is 4. The molecule has 0 aliphatic rings.